The summed E-state index contributed by atoms with van der Waals surface area (Å²) in [5.41, 5.74) is 0.707. The molecule has 1 aromatic rings. The molecule has 1 saturated heterocycles. The third-order valence-corrected chi connectivity index (χ3v) is 5.82. The molecule has 1 aliphatic heterocycles. The third kappa shape index (κ3) is 3.36. The van der Waals surface area contributed by atoms with Crippen molar-refractivity contribution in [1.29, 1.82) is 5.26 Å². The highest BCUT2D eigenvalue weighted by Gasteiger charge is 2.52. The first-order valence-electron chi connectivity index (χ1n) is 9.08. The van der Waals surface area contributed by atoms with Crippen molar-refractivity contribution in [2.45, 2.75) is 38.6 Å². The smallest absolute Gasteiger partial charge is 0.309 e. The van der Waals surface area contributed by atoms with Crippen LogP contribution in [0.3, 0.4) is 0 Å². The Morgan fingerprint density at radius 2 is 2.16 bits per heavy atom. The van der Waals surface area contributed by atoms with Crippen molar-refractivity contribution < 1.29 is 14.3 Å². The quantitative estimate of drug-likeness (QED) is 0.851. The molecular weight excluding hydrogens is 316 g/mol. The highest BCUT2D eigenvalue weighted by Crippen LogP contribution is 2.50. The van der Waals surface area contributed by atoms with Gasteiger partial charge in [-0.3, -0.25) is 4.79 Å². The van der Waals surface area contributed by atoms with Gasteiger partial charge in [-0.25, -0.2) is 0 Å². The average molecular weight is 342 g/mol. The van der Waals surface area contributed by atoms with Gasteiger partial charge in [-0.2, -0.15) is 5.26 Å². The van der Waals surface area contributed by atoms with Gasteiger partial charge >= 0.3 is 5.97 Å². The fourth-order valence-electron chi connectivity index (χ4n) is 4.46. The van der Waals surface area contributed by atoms with Crippen LogP contribution in [0.15, 0.2) is 24.3 Å². The number of benzene rings is 1. The van der Waals surface area contributed by atoms with Crippen LogP contribution in [0.5, 0.6) is 5.75 Å². The molecule has 0 bridgehead atoms. The number of nitrogens with one attached hydrogen (secondary N) is 1. The number of piperidine rings is 1. The largest absolute Gasteiger partial charge is 0.497 e. The predicted molar refractivity (Wildman–Crippen MR) is 93.9 cm³/mol. The van der Waals surface area contributed by atoms with Crippen molar-refractivity contribution in [2.75, 3.05) is 20.3 Å². The van der Waals surface area contributed by atoms with Gasteiger partial charge < -0.3 is 14.8 Å². The van der Waals surface area contributed by atoms with E-state index in [1.807, 2.05) is 19.1 Å². The molecule has 1 aromatic carbocycles. The molecule has 1 N–H and O–H groups in total. The van der Waals surface area contributed by atoms with Crippen LogP contribution < -0.4 is 10.1 Å². The zero-order chi connectivity index (χ0) is 17.9. The maximum atomic E-state index is 12.5. The average Bonchev–Trinajstić information content (AvgIpc) is 2.67. The summed E-state index contributed by atoms with van der Waals surface area (Å²) in [6.07, 6.45) is 3.36. The van der Waals surface area contributed by atoms with Gasteiger partial charge in [0.15, 0.2) is 0 Å². The Morgan fingerprint density at radius 3 is 2.80 bits per heavy atom. The highest BCUT2D eigenvalue weighted by atomic mass is 16.5. The van der Waals surface area contributed by atoms with E-state index in [1.54, 1.807) is 7.11 Å². The van der Waals surface area contributed by atoms with E-state index in [9.17, 15) is 10.1 Å². The SMILES string of the molecule is CCOC(=O)[C@@H]1CCC[C@@]2(C#N)CN[C@H](c3ccc(OC)cc3)C[C@H]12. The lowest BCUT2D eigenvalue weighted by Gasteiger charge is -2.48. The molecule has 25 heavy (non-hydrogen) atoms. The number of nitrogens with zero attached hydrogens (tertiary/aromatic N) is 1. The minimum atomic E-state index is -0.460. The van der Waals surface area contributed by atoms with Crippen LogP contribution in [0, 0.1) is 28.6 Å². The van der Waals surface area contributed by atoms with E-state index in [0.29, 0.717) is 13.2 Å². The predicted octanol–water partition coefficient (Wildman–Crippen LogP) is 3.22. The minimum Gasteiger partial charge on any atom is -0.497 e. The summed E-state index contributed by atoms with van der Waals surface area (Å²) in [7, 11) is 1.65. The summed E-state index contributed by atoms with van der Waals surface area (Å²) in [5, 5.41) is 13.4. The molecule has 3 rings (SSSR count). The van der Waals surface area contributed by atoms with Gasteiger partial charge in [0, 0.05) is 12.6 Å². The van der Waals surface area contributed by atoms with Crippen molar-refractivity contribution in [3.05, 3.63) is 29.8 Å². The molecule has 1 aliphatic carbocycles. The number of carbonyl (C=O) groups is 1. The van der Waals surface area contributed by atoms with Crippen molar-refractivity contribution in [3.8, 4) is 11.8 Å². The zero-order valence-corrected chi connectivity index (χ0v) is 15.0. The van der Waals surface area contributed by atoms with Gasteiger partial charge in [-0.1, -0.05) is 18.6 Å². The van der Waals surface area contributed by atoms with Crippen LogP contribution in [0.25, 0.3) is 0 Å². The van der Waals surface area contributed by atoms with E-state index >= 15 is 0 Å². The first kappa shape index (κ1) is 17.8. The molecule has 1 heterocycles. The van der Waals surface area contributed by atoms with Crippen LogP contribution in [0.1, 0.15) is 44.2 Å². The van der Waals surface area contributed by atoms with E-state index in [1.165, 1.54) is 5.56 Å². The topological polar surface area (TPSA) is 71.4 Å². The molecule has 0 spiro atoms. The summed E-state index contributed by atoms with van der Waals surface area (Å²) < 4.78 is 10.5. The van der Waals surface area contributed by atoms with Crippen LogP contribution in [0.4, 0.5) is 0 Å². The van der Waals surface area contributed by atoms with Crippen molar-refractivity contribution in [2.24, 2.45) is 17.3 Å². The summed E-state index contributed by atoms with van der Waals surface area (Å²) in [5.74, 6) is 0.560. The molecule has 134 valence electrons. The van der Waals surface area contributed by atoms with Crippen LogP contribution >= 0.6 is 0 Å². The third-order valence-electron chi connectivity index (χ3n) is 5.82. The molecular formula is C20H26N2O3. The Labute approximate surface area is 149 Å². The molecule has 1 saturated carbocycles. The van der Waals surface area contributed by atoms with Crippen LogP contribution in [0.2, 0.25) is 0 Å². The Kier molecular flexibility index (Phi) is 5.29. The first-order valence-corrected chi connectivity index (χ1v) is 9.08. The van der Waals surface area contributed by atoms with Crippen molar-refractivity contribution in [3.63, 3.8) is 0 Å². The maximum absolute atomic E-state index is 12.5. The summed E-state index contributed by atoms with van der Waals surface area (Å²) >= 11 is 0. The van der Waals surface area contributed by atoms with E-state index < -0.39 is 5.41 Å². The number of rotatable bonds is 4. The number of methoxy groups -OCH3 is 1. The number of hydrogen-bond acceptors (Lipinski definition) is 5. The van der Waals surface area contributed by atoms with Gasteiger partial charge in [-0.05, 0) is 49.8 Å². The number of hydrogen-bond donors (Lipinski definition) is 1. The molecule has 0 amide bonds. The molecule has 0 radical (unpaired) electrons. The van der Waals surface area contributed by atoms with E-state index in [-0.39, 0.29) is 23.8 Å². The lowest BCUT2D eigenvalue weighted by molar-refractivity contribution is -0.154. The minimum absolute atomic E-state index is 0.0404. The molecule has 4 atom stereocenters. The van der Waals surface area contributed by atoms with Gasteiger partial charge in [-0.15, -0.1) is 0 Å². The number of ether oxygens (including phenoxy) is 2. The lowest BCUT2D eigenvalue weighted by Crippen LogP contribution is -2.53. The summed E-state index contributed by atoms with van der Waals surface area (Å²) in [6, 6.07) is 10.7. The van der Waals surface area contributed by atoms with E-state index in [0.717, 1.165) is 31.4 Å². The monoisotopic (exact) mass is 342 g/mol. The second kappa shape index (κ2) is 7.45. The van der Waals surface area contributed by atoms with Crippen LogP contribution in [-0.2, 0) is 9.53 Å². The maximum Gasteiger partial charge on any atom is 0.309 e. The van der Waals surface area contributed by atoms with Gasteiger partial charge in [0.25, 0.3) is 0 Å². The number of esters is 1. The van der Waals surface area contributed by atoms with Crippen molar-refractivity contribution >= 4 is 5.97 Å². The highest BCUT2D eigenvalue weighted by molar-refractivity contribution is 5.73. The number of fused-ring (bicyclic) bond motifs is 1. The summed E-state index contributed by atoms with van der Waals surface area (Å²) in [4.78, 5) is 12.5. The van der Waals surface area contributed by atoms with Gasteiger partial charge in [0.2, 0.25) is 0 Å². The second-order valence-corrected chi connectivity index (χ2v) is 7.07. The lowest BCUT2D eigenvalue weighted by atomic mass is 9.58. The number of carbonyl (C=O) groups excluding carboxylic acids is 1. The van der Waals surface area contributed by atoms with Crippen LogP contribution in [-0.4, -0.2) is 26.2 Å². The molecule has 5 nitrogen and oxygen atoms in total. The Bertz CT molecular complexity index is 652. The molecule has 0 unspecified atom stereocenters. The van der Waals surface area contributed by atoms with E-state index in [4.69, 9.17) is 9.47 Å². The van der Waals surface area contributed by atoms with Gasteiger partial charge in [0.05, 0.1) is 31.1 Å². The molecule has 2 aliphatic rings. The second-order valence-electron chi connectivity index (χ2n) is 7.07. The first-order chi connectivity index (χ1) is 12.1. The van der Waals surface area contributed by atoms with E-state index in [2.05, 4.69) is 23.5 Å². The van der Waals surface area contributed by atoms with Gasteiger partial charge in [0.1, 0.15) is 5.75 Å². The fraction of sp³-hybridized carbons (Fsp3) is 0.600. The molecule has 2 fully saturated rings. The fourth-order valence-corrected chi connectivity index (χ4v) is 4.46. The summed E-state index contributed by atoms with van der Waals surface area (Å²) in [6.45, 7) is 2.85. The Morgan fingerprint density at radius 1 is 1.40 bits per heavy atom. The number of nitriles is 1. The standard InChI is InChI=1S/C20H26N2O3/c1-3-25-19(23)16-5-4-10-20(12-21)13-22-18(11-17(16)20)14-6-8-15(24-2)9-7-14/h6-9,16-18,22H,3-5,10-11,13H2,1-2H3/t16-,17-,18+,20-/m1/s1. The Hall–Kier alpha value is -2.06. The Balaban J connectivity index is 1.84. The van der Waals surface area contributed by atoms with Crippen molar-refractivity contribution in [1.82, 2.24) is 5.32 Å². The normalized spacial score (nSPS) is 31.5. The molecule has 0 aromatic heterocycles. The molecule has 5 heteroatoms. The zero-order valence-electron chi connectivity index (χ0n) is 15.0.